The molecule has 5 aliphatic heterocycles. The summed E-state index contributed by atoms with van der Waals surface area (Å²) in [4.78, 5) is 75.9. The van der Waals surface area contributed by atoms with E-state index in [1.807, 2.05) is 112 Å². The van der Waals surface area contributed by atoms with E-state index in [1.165, 1.54) is 45.5 Å². The Morgan fingerprint density at radius 2 is 1.44 bits per heavy atom. The highest BCUT2D eigenvalue weighted by Gasteiger charge is 2.49. The van der Waals surface area contributed by atoms with Crippen LogP contribution in [0.5, 0.6) is 0 Å². The minimum absolute atomic E-state index is 0.00236. The Morgan fingerprint density at radius 1 is 0.777 bits per heavy atom. The summed E-state index contributed by atoms with van der Waals surface area (Å²) in [5.74, 6) is -1.18. The lowest BCUT2D eigenvalue weighted by Gasteiger charge is -2.45. The number of sulfone groups is 1. The van der Waals surface area contributed by atoms with Gasteiger partial charge in [-0.2, -0.15) is 13.2 Å². The number of aliphatic hydroxyl groups excluding tert-OH is 1. The molecule has 1 aromatic heterocycles. The number of hydrogen-bond donors (Lipinski definition) is 5. The maximum atomic E-state index is 14.5. The molecule has 606 valence electrons. The molecule has 5 saturated heterocycles. The van der Waals surface area contributed by atoms with E-state index in [1.54, 1.807) is 23.5 Å². The number of aliphatic hydroxyl groups is 1. The van der Waals surface area contributed by atoms with Gasteiger partial charge in [0.25, 0.3) is 25.8 Å². The molecular formula is C82H106ClF3N12O10S4. The fourth-order valence-electron chi connectivity index (χ4n) is 16.3. The van der Waals surface area contributed by atoms with Gasteiger partial charge < -0.3 is 45.4 Å². The molecule has 0 spiro atoms. The number of thiazole rings is 1. The van der Waals surface area contributed by atoms with Gasteiger partial charge in [-0.1, -0.05) is 99.5 Å². The van der Waals surface area contributed by atoms with Gasteiger partial charge in [0.05, 0.1) is 58.6 Å². The van der Waals surface area contributed by atoms with Crippen LogP contribution >= 0.6 is 34.7 Å². The first-order valence-electron chi connectivity index (χ1n) is 38.9. The van der Waals surface area contributed by atoms with Crippen LogP contribution in [0.2, 0.25) is 5.02 Å². The average molecular weight is 1640 g/mol. The van der Waals surface area contributed by atoms with Crippen molar-refractivity contribution in [1.82, 2.24) is 49.7 Å². The third-order valence-corrected chi connectivity index (χ3v) is 28.0. The summed E-state index contributed by atoms with van der Waals surface area (Å²) in [5, 5.41) is 20.7. The quantitative estimate of drug-likeness (QED) is 0.0286. The molecule has 6 aromatic rings. The lowest BCUT2D eigenvalue weighted by molar-refractivity contribution is -0.144. The number of allylic oxidation sites excluding steroid dienone is 1. The number of sulfonamides is 1. The van der Waals surface area contributed by atoms with Gasteiger partial charge in [-0.25, -0.2) is 26.5 Å². The molecule has 5 aromatic carbocycles. The lowest BCUT2D eigenvalue weighted by Crippen LogP contribution is -2.59. The molecule has 22 nitrogen and oxygen atoms in total. The summed E-state index contributed by atoms with van der Waals surface area (Å²) in [7, 11) is -11.0. The Balaban J connectivity index is 0.596. The van der Waals surface area contributed by atoms with E-state index < -0.39 is 76.4 Å². The predicted molar refractivity (Wildman–Crippen MR) is 435 cm³/mol. The summed E-state index contributed by atoms with van der Waals surface area (Å²) in [6, 6.07) is 31.7. The number of aryl methyl sites for hydroxylation is 1. The van der Waals surface area contributed by atoms with Crippen LogP contribution in [0.3, 0.4) is 0 Å². The van der Waals surface area contributed by atoms with Crippen molar-refractivity contribution >= 4 is 95.1 Å². The number of halogens is 4. The molecular weight excluding hydrogens is 1530 g/mol. The maximum absolute atomic E-state index is 14.5. The van der Waals surface area contributed by atoms with Gasteiger partial charge in [-0.15, -0.1) is 23.1 Å². The van der Waals surface area contributed by atoms with Gasteiger partial charge in [-0.05, 0) is 171 Å². The fraction of sp³-hybridized carbons (Fsp3) is 0.524. The van der Waals surface area contributed by atoms with Crippen LogP contribution < -0.4 is 25.6 Å². The Bertz CT molecular complexity index is 4490. The number of rotatable bonds is 28. The SMILES string of the molecule is Cc1ncsc1-c1ccc([C@H](C)NC(=O)[C@@H]2C[C@@H](O)CN2C(=O)[C@@H](NC(=O)CN2CCC(CN3CCN(CC4(C)CCC(c5ccc(Cl)cc5)=C(CN5CCN(c6ccc(C(=O)NS(=O)(=O)c7ccc(NC(CCN8CCOCC8)CSc8ccccc8)c(S(=O)(=O)C(F)(F)F)c7)cc6)CC5)C4)CC3)CC2)C(C)(C)C)cc1. The molecule has 0 saturated carbocycles. The topological polar surface area (TPSA) is 250 Å². The number of nitrogens with one attached hydrogen (secondary N) is 4. The monoisotopic (exact) mass is 1640 g/mol. The number of ether oxygens (including phenoxy) is 1. The number of likely N-dealkylation sites (tertiary alicyclic amines) is 2. The van der Waals surface area contributed by atoms with E-state index in [0.29, 0.717) is 75.1 Å². The van der Waals surface area contributed by atoms with Crippen LogP contribution in [-0.2, 0) is 39.0 Å². The number of morpholine rings is 1. The van der Waals surface area contributed by atoms with Crippen LogP contribution in [0, 0.1) is 23.7 Å². The molecule has 2 unspecified atom stereocenters. The van der Waals surface area contributed by atoms with Crippen molar-refractivity contribution in [3.05, 3.63) is 160 Å². The Kier molecular flexibility index (Phi) is 27.8. The molecule has 6 atom stereocenters. The van der Waals surface area contributed by atoms with E-state index in [-0.39, 0.29) is 54.3 Å². The standard InChI is InChI=1S/C82H106ClF3N12O10S4/c1-56(59-12-14-61(15-13-59)75-57(2)87-55-110-75)88-78(102)72-46-67(99)51-98(72)79(103)76(80(3,4)5)90-74(100)52-93-31-27-58(28-32-93)49-94-34-36-96(37-35-94)54-81(6)30-26-70(60-16-20-64(83)21-17-60)63(48-81)50-95-38-40-97(41-39-95)66-22-18-62(19-23-66)77(101)91-112(106,107)69-24-25-71(73(47-69)111(104,105)82(84,85)86)89-65(29-33-92-42-44-108-45-43-92)53-109-68-10-8-7-9-11-68/h7-25,47,55-56,58,65,67,72,76,89,99H,26-46,48-54H2,1-6H3,(H,88,102)(H,90,100)(H,91,101)/t56-,65?,67+,72-,76+,81?/m0/s1. The van der Waals surface area contributed by atoms with Crippen molar-refractivity contribution in [2.45, 2.75) is 137 Å². The van der Waals surface area contributed by atoms with Gasteiger partial charge in [0.15, 0.2) is 0 Å². The van der Waals surface area contributed by atoms with Gasteiger partial charge in [-0.3, -0.25) is 33.9 Å². The minimum Gasteiger partial charge on any atom is -0.391 e. The fourth-order valence-corrected chi connectivity index (χ4v) is 20.3. The van der Waals surface area contributed by atoms with Crippen molar-refractivity contribution in [3.63, 3.8) is 0 Å². The first-order valence-corrected chi connectivity index (χ1v) is 44.1. The highest BCUT2D eigenvalue weighted by molar-refractivity contribution is 7.99. The summed E-state index contributed by atoms with van der Waals surface area (Å²) < 4.78 is 105. The van der Waals surface area contributed by atoms with Crippen molar-refractivity contribution in [2.75, 3.05) is 147 Å². The van der Waals surface area contributed by atoms with E-state index in [4.69, 9.17) is 16.3 Å². The molecule has 6 heterocycles. The third-order valence-electron chi connectivity index (χ3n) is 22.8. The number of anilines is 2. The zero-order chi connectivity index (χ0) is 79.7. The molecule has 1 aliphatic carbocycles. The van der Waals surface area contributed by atoms with Crippen molar-refractivity contribution in [2.24, 2.45) is 16.7 Å². The normalized spacial score (nSPS) is 21.5. The summed E-state index contributed by atoms with van der Waals surface area (Å²) in [5.41, 5.74) is 2.67. The van der Waals surface area contributed by atoms with Gasteiger partial charge >= 0.3 is 5.51 Å². The van der Waals surface area contributed by atoms with Crippen LogP contribution in [0.25, 0.3) is 16.0 Å². The first kappa shape index (κ1) is 84.4. The number of hydrogen-bond acceptors (Lipinski definition) is 20. The van der Waals surface area contributed by atoms with Crippen LogP contribution in [0.4, 0.5) is 24.5 Å². The average Bonchev–Trinajstić information content (AvgIpc) is 0.848. The highest BCUT2D eigenvalue weighted by Crippen LogP contribution is 2.45. The lowest BCUT2D eigenvalue weighted by atomic mass is 9.71. The Hall–Kier alpha value is -7.00. The largest absolute Gasteiger partial charge is 0.501 e. The molecule has 30 heteroatoms. The van der Waals surface area contributed by atoms with Crippen molar-refractivity contribution in [3.8, 4) is 10.4 Å². The maximum Gasteiger partial charge on any atom is 0.501 e. The summed E-state index contributed by atoms with van der Waals surface area (Å²) in [6.07, 6.45) is 4.51. The second-order valence-electron chi connectivity index (χ2n) is 32.3. The van der Waals surface area contributed by atoms with Gasteiger partial charge in [0, 0.05) is 138 Å². The zero-order valence-corrected chi connectivity index (χ0v) is 68.8. The molecule has 5 fully saturated rings. The molecule has 5 N–H and O–H groups in total. The van der Waals surface area contributed by atoms with Crippen LogP contribution in [0.15, 0.2) is 147 Å². The number of piperazine rings is 2. The van der Waals surface area contributed by atoms with Gasteiger partial charge in [0.2, 0.25) is 17.7 Å². The third kappa shape index (κ3) is 21.7. The number of carbonyl (C=O) groups is 4. The molecule has 6 aliphatic rings. The molecule has 4 amide bonds. The minimum atomic E-state index is -6.10. The van der Waals surface area contributed by atoms with Crippen LogP contribution in [-0.4, -0.2) is 246 Å². The van der Waals surface area contributed by atoms with Crippen LogP contribution in [0.1, 0.15) is 113 Å². The predicted octanol–water partition coefficient (Wildman–Crippen LogP) is 10.9. The second-order valence-corrected chi connectivity index (χ2v) is 38.3. The number of β-amino-alcohol motifs (C(OH)–C–C–N with tert-alkyl or cyclic N) is 1. The second kappa shape index (κ2) is 36.9. The first-order chi connectivity index (χ1) is 53.3. The van der Waals surface area contributed by atoms with E-state index in [9.17, 15) is 54.3 Å². The zero-order valence-electron chi connectivity index (χ0n) is 64.7. The van der Waals surface area contributed by atoms with Gasteiger partial charge in [0.1, 0.15) is 17.0 Å². The van der Waals surface area contributed by atoms with Crippen molar-refractivity contribution in [1.29, 1.82) is 0 Å². The number of aromatic nitrogens is 1. The van der Waals surface area contributed by atoms with E-state index in [0.717, 1.165) is 149 Å². The molecule has 12 rings (SSSR count). The number of nitrogens with zero attached hydrogens (tertiary/aromatic N) is 8. The number of piperidine rings is 1. The highest BCUT2D eigenvalue weighted by atomic mass is 35.5. The number of thioether (sulfide) groups is 1. The molecule has 0 radical (unpaired) electrons. The molecule has 112 heavy (non-hydrogen) atoms. The number of amides is 4. The van der Waals surface area contributed by atoms with E-state index >= 15 is 0 Å². The Morgan fingerprint density at radius 3 is 2.09 bits per heavy atom. The Labute approximate surface area is 670 Å². The summed E-state index contributed by atoms with van der Waals surface area (Å²) >= 11 is 9.45. The number of carbonyl (C=O) groups excluding carboxylic acids is 4. The van der Waals surface area contributed by atoms with E-state index in [2.05, 4.69) is 69.4 Å². The molecule has 0 bridgehead atoms. The number of alkyl halides is 3. The van der Waals surface area contributed by atoms with Crippen molar-refractivity contribution < 1.29 is 59.0 Å². The number of benzene rings is 5. The summed E-state index contributed by atoms with van der Waals surface area (Å²) in [6.45, 7) is 26.2. The smallest absolute Gasteiger partial charge is 0.391 e.